The summed E-state index contributed by atoms with van der Waals surface area (Å²) in [5.74, 6) is -4.24. The molecule has 244 valence electrons. The monoisotopic (exact) mass is 635 g/mol. The van der Waals surface area contributed by atoms with E-state index in [1.165, 1.54) is 16.7 Å². The molecule has 0 saturated heterocycles. The third-order valence-corrected chi connectivity index (χ3v) is 12.0. The number of aliphatic hydroxyl groups excluding tert-OH is 1. The first-order valence-electron chi connectivity index (χ1n) is 15.6. The van der Waals surface area contributed by atoms with Crippen molar-refractivity contribution in [1.82, 2.24) is 4.90 Å². The molecule has 11 heteroatoms. The van der Waals surface area contributed by atoms with E-state index in [0.29, 0.717) is 42.9 Å². The quantitative estimate of drug-likeness (QED) is 0.130. The van der Waals surface area contributed by atoms with Crippen molar-refractivity contribution in [3.63, 3.8) is 0 Å². The Kier molecular flexibility index (Phi) is 10.6. The molecule has 1 aromatic rings. The Morgan fingerprint density at radius 2 is 1.72 bits per heavy atom. The maximum Gasteiger partial charge on any atom is 0.453 e. The molecule has 0 radical (unpaired) electrons. The Hall–Kier alpha value is -1.72. The van der Waals surface area contributed by atoms with E-state index in [1.54, 1.807) is 6.07 Å². The van der Waals surface area contributed by atoms with Crippen LogP contribution in [0.25, 0.3) is 0 Å². The number of hydrogen-bond acceptors (Lipinski definition) is 5. The number of rotatable bonds is 14. The molecule has 43 heavy (non-hydrogen) atoms. The highest BCUT2D eigenvalue weighted by molar-refractivity contribution is 7.91. The van der Waals surface area contributed by atoms with E-state index < -0.39 is 40.5 Å². The van der Waals surface area contributed by atoms with Gasteiger partial charge in [0.15, 0.2) is 0 Å². The van der Waals surface area contributed by atoms with Gasteiger partial charge in [-0.3, -0.25) is 0 Å². The van der Waals surface area contributed by atoms with Crippen LogP contribution in [0.3, 0.4) is 0 Å². The highest BCUT2D eigenvalue weighted by Gasteiger charge is 2.56. The van der Waals surface area contributed by atoms with E-state index >= 15 is 0 Å². The number of nitrogens with zero attached hydrogens (tertiary/aromatic N) is 1. The second-order valence-electron chi connectivity index (χ2n) is 13.3. The molecule has 0 spiro atoms. The molecule has 0 unspecified atom stereocenters. The lowest BCUT2D eigenvalue weighted by Gasteiger charge is -2.50. The lowest BCUT2D eigenvalue weighted by Crippen LogP contribution is -2.43. The average Bonchev–Trinajstić information content (AvgIpc) is 3.21. The second-order valence-corrected chi connectivity index (χ2v) is 15.6. The Morgan fingerprint density at radius 1 is 1.02 bits per heavy atom. The van der Waals surface area contributed by atoms with Crippen LogP contribution in [-0.2, 0) is 16.3 Å². The van der Waals surface area contributed by atoms with Crippen LogP contribution in [0, 0.1) is 17.3 Å². The van der Waals surface area contributed by atoms with Gasteiger partial charge in [-0.15, -0.1) is 0 Å². The van der Waals surface area contributed by atoms with E-state index in [0.717, 1.165) is 51.5 Å². The molecule has 0 amide bonds. The summed E-state index contributed by atoms with van der Waals surface area (Å²) >= 11 is 0. The fourth-order valence-electron chi connectivity index (χ4n) is 7.75. The van der Waals surface area contributed by atoms with Crippen molar-refractivity contribution in [3.8, 4) is 5.75 Å². The predicted octanol–water partition coefficient (Wildman–Crippen LogP) is 7.03. The minimum atomic E-state index is -5.66. The van der Waals surface area contributed by atoms with Gasteiger partial charge in [-0.2, -0.15) is 22.0 Å². The fourth-order valence-corrected chi connectivity index (χ4v) is 9.10. The number of hydrogen-bond donors (Lipinski definition) is 2. The zero-order chi connectivity index (χ0) is 31.6. The molecule has 0 bridgehead atoms. The summed E-state index contributed by atoms with van der Waals surface area (Å²) in [5, 5.41) is 20.9. The predicted molar refractivity (Wildman–Crippen MR) is 157 cm³/mol. The maximum atomic E-state index is 13.0. The lowest BCUT2D eigenvalue weighted by atomic mass is 9.54. The molecule has 4 rings (SSSR count). The van der Waals surface area contributed by atoms with Gasteiger partial charge in [-0.1, -0.05) is 37.5 Å². The van der Waals surface area contributed by atoms with Crippen LogP contribution in [0.4, 0.5) is 22.0 Å². The Morgan fingerprint density at radius 3 is 2.44 bits per heavy atom. The van der Waals surface area contributed by atoms with Crippen LogP contribution < -0.4 is 0 Å². The van der Waals surface area contributed by atoms with Gasteiger partial charge in [0.25, 0.3) is 0 Å². The molecule has 0 aromatic heterocycles. The summed E-state index contributed by atoms with van der Waals surface area (Å²) in [7, 11) is -1.80. The van der Waals surface area contributed by atoms with E-state index in [1.807, 2.05) is 18.0 Å². The SMILES string of the molecule is CN(CCCCC[C@@H]1Cc2cc(O)ccc2[C@H]2CC[C@@]3(C)C(=CC[C@@H]3O)[C@H]12)CCCS(=O)(=O)CCCC(F)(F)C(F)(F)F. The molecule has 0 aliphatic heterocycles. The Bertz CT molecular complexity index is 1250. The summed E-state index contributed by atoms with van der Waals surface area (Å²) in [6.07, 6.45) is 2.01. The molecular formula is C32H46F5NO4S. The summed E-state index contributed by atoms with van der Waals surface area (Å²) < 4.78 is 87.1. The van der Waals surface area contributed by atoms with Gasteiger partial charge >= 0.3 is 12.1 Å². The van der Waals surface area contributed by atoms with Crippen LogP contribution in [0.5, 0.6) is 5.75 Å². The lowest BCUT2D eigenvalue weighted by molar-refractivity contribution is -0.284. The van der Waals surface area contributed by atoms with Gasteiger partial charge in [0.05, 0.1) is 17.6 Å². The smallest absolute Gasteiger partial charge is 0.453 e. The number of aliphatic hydroxyl groups is 1. The number of phenols is 1. The van der Waals surface area contributed by atoms with Crippen molar-refractivity contribution < 1.29 is 40.6 Å². The Labute approximate surface area is 252 Å². The number of fused-ring (bicyclic) bond motifs is 5. The molecule has 1 fully saturated rings. The normalized spacial score (nSPS) is 27.5. The van der Waals surface area contributed by atoms with Crippen molar-refractivity contribution in [2.75, 3.05) is 31.6 Å². The molecule has 5 nitrogen and oxygen atoms in total. The number of unbranched alkanes of at least 4 members (excludes halogenated alkanes) is 2. The zero-order valence-corrected chi connectivity index (χ0v) is 26.0. The topological polar surface area (TPSA) is 77.8 Å². The van der Waals surface area contributed by atoms with Crippen LogP contribution in [0.15, 0.2) is 29.8 Å². The van der Waals surface area contributed by atoms with Crippen LogP contribution in [0.2, 0.25) is 0 Å². The number of aromatic hydroxyl groups is 1. The average molecular weight is 636 g/mol. The standard InChI is InChI=1S/C32H46F5NO4S/c1-30-15-13-26-25-10-9-24(39)21-23(25)20-22(29(26)27(30)11-12-28(30)40)8-4-3-5-16-38(2)17-7-19-43(41,42)18-6-14-31(33,34)32(35,36)37/h9-11,21-22,26,28-29,39-40H,3-8,12-20H2,1-2H3/t22-,26-,28+,29-,30+/m1/s1. The zero-order valence-electron chi connectivity index (χ0n) is 25.2. The van der Waals surface area contributed by atoms with Gasteiger partial charge in [0.2, 0.25) is 0 Å². The molecule has 1 aromatic carbocycles. The highest BCUT2D eigenvalue weighted by atomic mass is 32.2. The van der Waals surface area contributed by atoms with Gasteiger partial charge in [0, 0.05) is 11.8 Å². The molecule has 5 atom stereocenters. The number of sulfone groups is 1. The summed E-state index contributed by atoms with van der Waals surface area (Å²) in [4.78, 5) is 2.03. The molecular weight excluding hydrogens is 589 g/mol. The number of halogens is 5. The van der Waals surface area contributed by atoms with Crippen LogP contribution in [0.1, 0.15) is 88.2 Å². The minimum Gasteiger partial charge on any atom is -0.508 e. The minimum absolute atomic E-state index is 0.155. The van der Waals surface area contributed by atoms with Crippen LogP contribution in [-0.4, -0.2) is 73.4 Å². The first kappa shape index (κ1) is 34.2. The van der Waals surface area contributed by atoms with Crippen molar-refractivity contribution in [1.29, 1.82) is 0 Å². The van der Waals surface area contributed by atoms with Gasteiger partial charge < -0.3 is 15.1 Å². The molecule has 0 heterocycles. The van der Waals surface area contributed by atoms with E-state index in [-0.39, 0.29) is 17.3 Å². The summed E-state index contributed by atoms with van der Waals surface area (Å²) in [5.41, 5.74) is 3.84. The second kappa shape index (κ2) is 13.3. The number of phenolic OH excluding ortho intramolecular Hbond substituents is 1. The van der Waals surface area contributed by atoms with E-state index in [9.17, 15) is 40.6 Å². The molecule has 3 aliphatic rings. The maximum absolute atomic E-state index is 13.0. The van der Waals surface area contributed by atoms with Gasteiger partial charge in [-0.25, -0.2) is 8.42 Å². The third-order valence-electron chi connectivity index (χ3n) is 10.2. The van der Waals surface area contributed by atoms with Crippen molar-refractivity contribution in [2.45, 2.75) is 102 Å². The fraction of sp³-hybridized carbons (Fsp3) is 0.750. The first-order chi connectivity index (χ1) is 20.0. The van der Waals surface area contributed by atoms with Crippen molar-refractivity contribution >= 4 is 9.84 Å². The molecule has 2 N–H and O–H groups in total. The summed E-state index contributed by atoms with van der Waals surface area (Å²) in [6, 6.07) is 5.78. The van der Waals surface area contributed by atoms with E-state index in [4.69, 9.17) is 0 Å². The van der Waals surface area contributed by atoms with E-state index in [2.05, 4.69) is 19.1 Å². The molecule has 3 aliphatic carbocycles. The van der Waals surface area contributed by atoms with Crippen LogP contribution >= 0.6 is 0 Å². The molecule has 1 saturated carbocycles. The number of alkyl halides is 5. The van der Waals surface area contributed by atoms with Gasteiger partial charge in [0.1, 0.15) is 15.6 Å². The van der Waals surface area contributed by atoms with Crippen molar-refractivity contribution in [2.24, 2.45) is 17.3 Å². The van der Waals surface area contributed by atoms with Gasteiger partial charge in [-0.05, 0) is 113 Å². The third kappa shape index (κ3) is 7.93. The number of benzene rings is 1. The first-order valence-corrected chi connectivity index (χ1v) is 17.4. The highest BCUT2D eigenvalue weighted by Crippen LogP contribution is 2.60. The van der Waals surface area contributed by atoms with Crippen molar-refractivity contribution in [3.05, 3.63) is 41.0 Å². The Balaban J connectivity index is 1.20. The summed E-state index contributed by atoms with van der Waals surface area (Å²) in [6.45, 7) is 3.49. The largest absolute Gasteiger partial charge is 0.508 e.